The molecule has 1 saturated heterocycles. The molecule has 8 heteroatoms. The molecule has 27 heavy (non-hydrogen) atoms. The Morgan fingerprint density at radius 1 is 1.19 bits per heavy atom. The summed E-state index contributed by atoms with van der Waals surface area (Å²) >= 11 is 1.37. The van der Waals surface area contributed by atoms with Crippen molar-refractivity contribution < 1.29 is 13.2 Å². The van der Waals surface area contributed by atoms with Gasteiger partial charge >= 0.3 is 0 Å². The third-order valence-electron chi connectivity index (χ3n) is 5.20. The smallest absolute Gasteiger partial charge is 0.191 e. The zero-order valence-corrected chi connectivity index (χ0v) is 17.8. The van der Waals surface area contributed by atoms with Crippen LogP contribution in [0.3, 0.4) is 0 Å². The van der Waals surface area contributed by atoms with E-state index in [4.69, 9.17) is 0 Å². The van der Waals surface area contributed by atoms with E-state index >= 15 is 0 Å². The van der Waals surface area contributed by atoms with E-state index in [1.54, 1.807) is 0 Å². The van der Waals surface area contributed by atoms with Gasteiger partial charge in [0.1, 0.15) is 5.82 Å². The molecule has 3 rings (SSSR count). The van der Waals surface area contributed by atoms with Crippen molar-refractivity contribution in [3.63, 3.8) is 0 Å². The van der Waals surface area contributed by atoms with Crippen LogP contribution in [0.15, 0.2) is 17.3 Å². The van der Waals surface area contributed by atoms with Crippen LogP contribution in [0.25, 0.3) is 0 Å². The highest BCUT2D eigenvalue weighted by molar-refractivity contribution is 7.99. The van der Waals surface area contributed by atoms with Gasteiger partial charge in [-0.25, -0.2) is 8.42 Å². The Morgan fingerprint density at radius 3 is 2.56 bits per heavy atom. The number of rotatable bonds is 6. The minimum Gasteiger partial charge on any atom is -0.309 e. The van der Waals surface area contributed by atoms with Crippen LogP contribution in [0.2, 0.25) is 0 Å². The van der Waals surface area contributed by atoms with Crippen LogP contribution >= 0.6 is 11.8 Å². The number of aryl methyl sites for hydroxylation is 3. The summed E-state index contributed by atoms with van der Waals surface area (Å²) in [5.74, 6) is 1.75. The van der Waals surface area contributed by atoms with Gasteiger partial charge in [-0.1, -0.05) is 17.8 Å². The molecule has 0 amide bonds. The van der Waals surface area contributed by atoms with Crippen LogP contribution in [0.5, 0.6) is 0 Å². The number of carbonyl (C=O) groups excluding carboxylic acids is 1. The van der Waals surface area contributed by atoms with Gasteiger partial charge < -0.3 is 4.57 Å². The molecule has 1 fully saturated rings. The van der Waals surface area contributed by atoms with E-state index in [1.165, 1.54) is 17.3 Å². The highest BCUT2D eigenvalue weighted by Crippen LogP contribution is 2.25. The topological polar surface area (TPSA) is 81.9 Å². The number of aromatic nitrogens is 3. The number of hydrogen-bond acceptors (Lipinski definition) is 6. The van der Waals surface area contributed by atoms with Gasteiger partial charge in [0, 0.05) is 19.0 Å². The molecule has 1 aliphatic heterocycles. The maximum Gasteiger partial charge on any atom is 0.191 e. The van der Waals surface area contributed by atoms with Crippen molar-refractivity contribution in [2.24, 2.45) is 13.0 Å². The van der Waals surface area contributed by atoms with Gasteiger partial charge in [-0.3, -0.25) is 4.79 Å². The summed E-state index contributed by atoms with van der Waals surface area (Å²) in [5.41, 5.74) is 4.04. The molecule has 0 bridgehead atoms. The van der Waals surface area contributed by atoms with Gasteiger partial charge in [-0.05, 0) is 55.9 Å². The van der Waals surface area contributed by atoms with Gasteiger partial charge in [-0.2, -0.15) is 0 Å². The predicted molar refractivity (Wildman–Crippen MR) is 107 cm³/mol. The lowest BCUT2D eigenvalue weighted by atomic mass is 9.99. The van der Waals surface area contributed by atoms with E-state index in [0.717, 1.165) is 22.5 Å². The van der Waals surface area contributed by atoms with Crippen LogP contribution in [0.4, 0.5) is 0 Å². The van der Waals surface area contributed by atoms with Crippen molar-refractivity contribution in [2.45, 2.75) is 38.8 Å². The SMILES string of the molecule is Cc1cc(C)c(C(=O)CSc2nnc(C[C@H]3CCS(=O)(=O)C3)n2C)cc1C. The Balaban J connectivity index is 1.64. The summed E-state index contributed by atoms with van der Waals surface area (Å²) in [4.78, 5) is 12.6. The molecule has 0 spiro atoms. The second kappa shape index (κ2) is 7.75. The van der Waals surface area contributed by atoms with Gasteiger partial charge in [-0.15, -0.1) is 10.2 Å². The van der Waals surface area contributed by atoms with E-state index in [2.05, 4.69) is 10.2 Å². The normalized spacial score (nSPS) is 18.7. The first-order valence-electron chi connectivity index (χ1n) is 8.99. The molecule has 0 aliphatic carbocycles. The second-order valence-corrected chi connectivity index (χ2v) is 10.6. The summed E-state index contributed by atoms with van der Waals surface area (Å²) in [6, 6.07) is 4.00. The standard InChI is InChI=1S/C19H25N3O3S2/c1-12-7-14(3)16(8-13(12)2)17(23)10-26-19-21-20-18(22(19)4)9-15-5-6-27(24,25)11-15/h7-8,15H,5-6,9-11H2,1-4H3/t15-/m1/s1. The lowest BCUT2D eigenvalue weighted by Crippen LogP contribution is -2.11. The third kappa shape index (κ3) is 4.60. The van der Waals surface area contributed by atoms with Crippen molar-refractivity contribution in [3.05, 3.63) is 40.2 Å². The summed E-state index contributed by atoms with van der Waals surface area (Å²) in [7, 11) is -1.02. The largest absolute Gasteiger partial charge is 0.309 e. The number of hydrogen-bond donors (Lipinski definition) is 0. The average Bonchev–Trinajstić information content (AvgIpc) is 3.11. The minimum atomic E-state index is -2.89. The fourth-order valence-corrected chi connectivity index (χ4v) is 6.08. The molecule has 146 valence electrons. The fraction of sp³-hybridized carbons (Fsp3) is 0.526. The number of carbonyl (C=O) groups is 1. The number of thioether (sulfide) groups is 1. The molecule has 1 aliphatic rings. The second-order valence-electron chi connectivity index (χ2n) is 7.39. The van der Waals surface area contributed by atoms with E-state index in [-0.39, 0.29) is 23.2 Å². The molecule has 2 heterocycles. The highest BCUT2D eigenvalue weighted by atomic mass is 32.2. The lowest BCUT2D eigenvalue weighted by molar-refractivity contribution is 0.102. The Morgan fingerprint density at radius 2 is 1.89 bits per heavy atom. The van der Waals surface area contributed by atoms with Gasteiger partial charge in [0.25, 0.3) is 0 Å². The molecule has 0 unspecified atom stereocenters. The summed E-state index contributed by atoms with van der Waals surface area (Å²) in [5, 5.41) is 9.08. The Kier molecular flexibility index (Phi) is 5.76. The number of benzene rings is 1. The van der Waals surface area contributed by atoms with Crippen LogP contribution in [-0.2, 0) is 23.3 Å². The van der Waals surface area contributed by atoms with E-state index in [0.29, 0.717) is 23.8 Å². The third-order valence-corrected chi connectivity index (χ3v) is 8.05. The Labute approximate surface area is 164 Å². The molecular weight excluding hydrogens is 382 g/mol. The van der Waals surface area contributed by atoms with E-state index in [9.17, 15) is 13.2 Å². The molecule has 1 aromatic carbocycles. The van der Waals surface area contributed by atoms with Crippen LogP contribution in [0.1, 0.15) is 39.3 Å². The first-order chi connectivity index (χ1) is 12.7. The van der Waals surface area contributed by atoms with Gasteiger partial charge in [0.05, 0.1) is 17.3 Å². The van der Waals surface area contributed by atoms with Crippen molar-refractivity contribution in [1.82, 2.24) is 14.8 Å². The summed E-state index contributed by atoms with van der Waals surface area (Å²) in [6.45, 7) is 6.01. The first-order valence-corrected chi connectivity index (χ1v) is 11.8. The quantitative estimate of drug-likeness (QED) is 0.541. The van der Waals surface area contributed by atoms with E-state index < -0.39 is 9.84 Å². The monoisotopic (exact) mass is 407 g/mol. The Hall–Kier alpha value is -1.67. The van der Waals surface area contributed by atoms with Gasteiger partial charge in [0.15, 0.2) is 20.8 Å². The van der Waals surface area contributed by atoms with Crippen LogP contribution in [0, 0.1) is 26.7 Å². The van der Waals surface area contributed by atoms with Crippen molar-refractivity contribution in [1.29, 1.82) is 0 Å². The molecular formula is C19H25N3O3S2. The van der Waals surface area contributed by atoms with Crippen LogP contribution < -0.4 is 0 Å². The molecule has 0 saturated carbocycles. The number of nitrogens with zero attached hydrogens (tertiary/aromatic N) is 3. The summed E-state index contributed by atoms with van der Waals surface area (Å²) < 4.78 is 25.1. The van der Waals surface area contributed by atoms with Crippen molar-refractivity contribution >= 4 is 27.4 Å². The maximum atomic E-state index is 12.6. The van der Waals surface area contributed by atoms with E-state index in [1.807, 2.05) is 44.5 Å². The molecule has 0 radical (unpaired) electrons. The van der Waals surface area contributed by atoms with Gasteiger partial charge in [0.2, 0.25) is 0 Å². The molecule has 6 nitrogen and oxygen atoms in total. The average molecular weight is 408 g/mol. The number of Topliss-reactive ketones (excluding diaryl/α,β-unsaturated/α-hetero) is 1. The number of sulfone groups is 1. The summed E-state index contributed by atoms with van der Waals surface area (Å²) in [6.07, 6.45) is 1.29. The van der Waals surface area contributed by atoms with Crippen molar-refractivity contribution in [2.75, 3.05) is 17.3 Å². The zero-order chi connectivity index (χ0) is 19.8. The fourth-order valence-electron chi connectivity index (χ4n) is 3.41. The van der Waals surface area contributed by atoms with Crippen LogP contribution in [-0.4, -0.2) is 46.2 Å². The van der Waals surface area contributed by atoms with Crippen molar-refractivity contribution in [3.8, 4) is 0 Å². The molecule has 0 N–H and O–H groups in total. The minimum absolute atomic E-state index is 0.0760. The zero-order valence-electron chi connectivity index (χ0n) is 16.2. The molecule has 1 atom stereocenters. The predicted octanol–water partition coefficient (Wildman–Crippen LogP) is 2.69. The lowest BCUT2D eigenvalue weighted by Gasteiger charge is -2.09. The first kappa shape index (κ1) is 20.1. The highest BCUT2D eigenvalue weighted by Gasteiger charge is 2.29. The maximum absolute atomic E-state index is 12.6. The molecule has 2 aromatic rings. The number of ketones is 1. The molecule has 1 aromatic heterocycles. The Bertz CT molecular complexity index is 980.